The quantitative estimate of drug-likeness (QED) is 0.603. The number of pyridine rings is 1. The highest BCUT2D eigenvalue weighted by molar-refractivity contribution is 6.16. The predicted octanol–water partition coefficient (Wildman–Crippen LogP) is 4.79. The molecule has 0 bridgehead atoms. The van der Waals surface area contributed by atoms with Crippen molar-refractivity contribution in [1.29, 1.82) is 0 Å². The Balaban J connectivity index is 0.00000156. The Bertz CT molecular complexity index is 938. The van der Waals surface area contributed by atoms with E-state index in [4.69, 9.17) is 0 Å². The molecule has 0 spiro atoms. The lowest BCUT2D eigenvalue weighted by Gasteiger charge is -2.02. The van der Waals surface area contributed by atoms with Crippen LogP contribution >= 0.6 is 12.4 Å². The van der Waals surface area contributed by atoms with Gasteiger partial charge in [-0.25, -0.2) is 0 Å². The number of hydrogen-bond donors (Lipinski definition) is 0. The molecule has 0 unspecified atom stereocenters. The van der Waals surface area contributed by atoms with Gasteiger partial charge >= 0.3 is 0 Å². The number of allylic oxidation sites excluding steroid dienone is 1. The first-order valence-corrected chi connectivity index (χ1v) is 7.40. The monoisotopic (exact) mass is 321 g/mol. The number of carbonyl (C=O) groups excluding carboxylic acids is 1. The van der Waals surface area contributed by atoms with E-state index in [1.54, 1.807) is 0 Å². The lowest BCUT2D eigenvalue weighted by atomic mass is 10.0. The fraction of sp³-hybridized carbons (Fsp3) is 0.100. The maximum Gasteiger partial charge on any atom is 0.189 e. The second-order valence-corrected chi connectivity index (χ2v) is 5.79. The van der Waals surface area contributed by atoms with E-state index in [1.807, 2.05) is 48.8 Å². The Kier molecular flexibility index (Phi) is 4.01. The summed E-state index contributed by atoms with van der Waals surface area (Å²) in [6, 6.07) is 14.2. The van der Waals surface area contributed by atoms with Crippen molar-refractivity contribution in [2.45, 2.75) is 13.3 Å². The van der Waals surface area contributed by atoms with Crippen LogP contribution in [0.3, 0.4) is 0 Å². The van der Waals surface area contributed by atoms with Crippen LogP contribution in [0.5, 0.6) is 0 Å². The van der Waals surface area contributed by atoms with Crippen molar-refractivity contribution in [3.8, 4) is 0 Å². The number of benzene rings is 2. The average Bonchev–Trinajstić information content (AvgIpc) is 2.83. The highest BCUT2D eigenvalue weighted by Crippen LogP contribution is 2.29. The number of aryl methyl sites for hydroxylation is 1. The van der Waals surface area contributed by atoms with Crippen LogP contribution in [-0.4, -0.2) is 10.8 Å². The lowest BCUT2D eigenvalue weighted by molar-refractivity contribution is 0.104. The number of nitrogens with zero attached hydrogens (tertiary/aromatic N) is 1. The molecule has 0 N–H and O–H groups in total. The van der Waals surface area contributed by atoms with E-state index in [9.17, 15) is 4.79 Å². The zero-order valence-electron chi connectivity index (χ0n) is 12.7. The van der Waals surface area contributed by atoms with Crippen molar-refractivity contribution in [3.63, 3.8) is 0 Å². The van der Waals surface area contributed by atoms with Crippen molar-refractivity contribution < 1.29 is 4.79 Å². The molecule has 23 heavy (non-hydrogen) atoms. The minimum atomic E-state index is 0. The third-order valence-electron chi connectivity index (χ3n) is 4.21. The van der Waals surface area contributed by atoms with Gasteiger partial charge < -0.3 is 0 Å². The summed E-state index contributed by atoms with van der Waals surface area (Å²) >= 11 is 0. The van der Waals surface area contributed by atoms with Crippen LogP contribution in [0, 0.1) is 6.92 Å². The van der Waals surface area contributed by atoms with Crippen molar-refractivity contribution in [1.82, 2.24) is 4.98 Å². The zero-order chi connectivity index (χ0) is 15.1. The number of halogens is 1. The molecule has 4 rings (SSSR count). The molecule has 0 aliphatic heterocycles. The molecule has 2 aromatic carbocycles. The van der Waals surface area contributed by atoms with Gasteiger partial charge in [0.1, 0.15) is 0 Å². The van der Waals surface area contributed by atoms with Crippen LogP contribution in [-0.2, 0) is 6.42 Å². The van der Waals surface area contributed by atoms with E-state index in [-0.39, 0.29) is 18.2 Å². The van der Waals surface area contributed by atoms with E-state index in [0.717, 1.165) is 33.0 Å². The Hall–Kier alpha value is -2.45. The lowest BCUT2D eigenvalue weighted by Crippen LogP contribution is -1.95. The van der Waals surface area contributed by atoms with Gasteiger partial charge in [-0.3, -0.25) is 9.78 Å². The van der Waals surface area contributed by atoms with Crippen LogP contribution in [0.15, 0.2) is 60.4 Å². The molecular weight excluding hydrogens is 306 g/mol. The van der Waals surface area contributed by atoms with Gasteiger partial charge in [-0.2, -0.15) is 0 Å². The molecule has 1 aliphatic carbocycles. The Morgan fingerprint density at radius 2 is 1.91 bits per heavy atom. The molecule has 1 aromatic heterocycles. The van der Waals surface area contributed by atoms with Crippen molar-refractivity contribution in [3.05, 3.63) is 82.7 Å². The standard InChI is InChI=1S/C20H15NO.ClH/c1-13-6-7-19-15(8-13)9-16(20(19)22)10-17-12-21-11-14-4-2-3-5-18(14)17;/h2-8,10-12H,9H2,1H3;1H/b16-10-;. The van der Waals surface area contributed by atoms with Gasteiger partial charge in [-0.05, 0) is 23.9 Å². The smallest absolute Gasteiger partial charge is 0.189 e. The van der Waals surface area contributed by atoms with Crippen molar-refractivity contribution in [2.24, 2.45) is 0 Å². The number of Topliss-reactive ketones (excluding diaryl/α,β-unsaturated/α-hetero) is 1. The number of rotatable bonds is 1. The number of carbonyl (C=O) groups is 1. The highest BCUT2D eigenvalue weighted by atomic mass is 35.5. The summed E-state index contributed by atoms with van der Waals surface area (Å²) in [5, 5.41) is 2.22. The molecule has 0 fully saturated rings. The SMILES string of the molecule is Cc1ccc2c(c1)C/C(=C/c1cncc3ccccc13)C2=O.Cl. The first-order chi connectivity index (χ1) is 10.7. The number of hydrogen-bond acceptors (Lipinski definition) is 2. The third-order valence-corrected chi connectivity index (χ3v) is 4.21. The number of ketones is 1. The molecule has 0 atom stereocenters. The fourth-order valence-corrected chi connectivity index (χ4v) is 3.11. The zero-order valence-corrected chi connectivity index (χ0v) is 13.6. The van der Waals surface area contributed by atoms with Crippen LogP contribution in [0.4, 0.5) is 0 Å². The summed E-state index contributed by atoms with van der Waals surface area (Å²) < 4.78 is 0. The molecule has 0 saturated heterocycles. The topological polar surface area (TPSA) is 30.0 Å². The molecule has 1 aliphatic rings. The Labute approximate surface area is 141 Å². The summed E-state index contributed by atoms with van der Waals surface area (Å²) in [4.78, 5) is 16.8. The molecule has 2 nitrogen and oxygen atoms in total. The fourth-order valence-electron chi connectivity index (χ4n) is 3.11. The second-order valence-electron chi connectivity index (χ2n) is 5.79. The van der Waals surface area contributed by atoms with Gasteiger partial charge in [0.25, 0.3) is 0 Å². The predicted molar refractivity (Wildman–Crippen MR) is 96.2 cm³/mol. The van der Waals surface area contributed by atoms with Crippen LogP contribution < -0.4 is 0 Å². The minimum Gasteiger partial charge on any atom is -0.289 e. The minimum absolute atomic E-state index is 0. The maximum atomic E-state index is 12.6. The van der Waals surface area contributed by atoms with E-state index in [2.05, 4.69) is 24.0 Å². The van der Waals surface area contributed by atoms with E-state index in [0.29, 0.717) is 6.42 Å². The van der Waals surface area contributed by atoms with E-state index in [1.165, 1.54) is 5.56 Å². The second kappa shape index (κ2) is 5.98. The summed E-state index contributed by atoms with van der Waals surface area (Å²) in [7, 11) is 0. The van der Waals surface area contributed by atoms with Gasteiger partial charge in [0.2, 0.25) is 0 Å². The molecule has 0 amide bonds. The summed E-state index contributed by atoms with van der Waals surface area (Å²) in [6.45, 7) is 2.06. The van der Waals surface area contributed by atoms with E-state index < -0.39 is 0 Å². The van der Waals surface area contributed by atoms with Gasteiger partial charge in [-0.1, -0.05) is 48.0 Å². The van der Waals surface area contributed by atoms with Gasteiger partial charge in [0, 0.05) is 40.9 Å². The summed E-state index contributed by atoms with van der Waals surface area (Å²) in [5.41, 5.74) is 5.01. The molecule has 0 saturated carbocycles. The van der Waals surface area contributed by atoms with Gasteiger partial charge in [0.15, 0.2) is 5.78 Å². The van der Waals surface area contributed by atoms with E-state index >= 15 is 0 Å². The molecule has 114 valence electrons. The van der Waals surface area contributed by atoms with Gasteiger partial charge in [0.05, 0.1) is 0 Å². The Morgan fingerprint density at radius 3 is 2.78 bits per heavy atom. The largest absolute Gasteiger partial charge is 0.289 e. The Morgan fingerprint density at radius 1 is 1.09 bits per heavy atom. The summed E-state index contributed by atoms with van der Waals surface area (Å²) in [6.07, 6.45) is 6.38. The molecule has 1 heterocycles. The highest BCUT2D eigenvalue weighted by Gasteiger charge is 2.24. The molecule has 3 aromatic rings. The van der Waals surface area contributed by atoms with Crippen LogP contribution in [0.25, 0.3) is 16.8 Å². The first-order valence-electron chi connectivity index (χ1n) is 7.40. The number of aromatic nitrogens is 1. The van der Waals surface area contributed by atoms with Crippen LogP contribution in [0.1, 0.15) is 27.0 Å². The average molecular weight is 322 g/mol. The maximum absolute atomic E-state index is 12.6. The van der Waals surface area contributed by atoms with Crippen molar-refractivity contribution >= 4 is 35.0 Å². The first kappa shape index (κ1) is 15.4. The number of fused-ring (bicyclic) bond motifs is 2. The molecular formula is C20H16ClNO. The summed E-state index contributed by atoms with van der Waals surface area (Å²) in [5.74, 6) is 0.142. The van der Waals surface area contributed by atoms with Crippen LogP contribution in [0.2, 0.25) is 0 Å². The normalized spacial score (nSPS) is 14.8. The van der Waals surface area contributed by atoms with Gasteiger partial charge in [-0.15, -0.1) is 12.4 Å². The molecule has 0 radical (unpaired) electrons. The third kappa shape index (κ3) is 2.66. The van der Waals surface area contributed by atoms with Crippen molar-refractivity contribution in [2.75, 3.05) is 0 Å². The molecule has 3 heteroatoms.